The molecule has 1 aromatic rings. The molecule has 19 heavy (non-hydrogen) atoms. The molecule has 0 aromatic heterocycles. The Morgan fingerprint density at radius 2 is 2.26 bits per heavy atom. The SMILES string of the molecule is CCOC(=O)CCCNc1c(Cl)cccc1[N+](=O)[O-]. The second-order valence-corrected chi connectivity index (χ2v) is 4.13. The summed E-state index contributed by atoms with van der Waals surface area (Å²) in [6, 6.07) is 4.46. The van der Waals surface area contributed by atoms with Crippen LogP contribution in [0.2, 0.25) is 5.02 Å². The lowest BCUT2D eigenvalue weighted by molar-refractivity contribution is -0.383. The summed E-state index contributed by atoms with van der Waals surface area (Å²) < 4.78 is 4.78. The Labute approximate surface area is 115 Å². The minimum atomic E-state index is -0.500. The van der Waals surface area contributed by atoms with E-state index in [2.05, 4.69) is 5.32 Å². The number of ether oxygens (including phenoxy) is 1. The van der Waals surface area contributed by atoms with E-state index in [1.807, 2.05) is 0 Å². The number of hydrogen-bond donors (Lipinski definition) is 1. The number of rotatable bonds is 7. The average molecular weight is 287 g/mol. The zero-order valence-electron chi connectivity index (χ0n) is 10.5. The van der Waals surface area contributed by atoms with Crippen molar-refractivity contribution in [3.63, 3.8) is 0 Å². The molecule has 0 fully saturated rings. The predicted molar refractivity (Wildman–Crippen MR) is 72.5 cm³/mol. The number of carbonyl (C=O) groups excluding carboxylic acids is 1. The van der Waals surface area contributed by atoms with Gasteiger partial charge in [-0.25, -0.2) is 0 Å². The predicted octanol–water partition coefficient (Wildman–Crippen LogP) is 3.00. The van der Waals surface area contributed by atoms with Gasteiger partial charge in [0.2, 0.25) is 0 Å². The zero-order valence-corrected chi connectivity index (χ0v) is 11.3. The maximum absolute atomic E-state index is 11.1. The Balaban J connectivity index is 2.54. The maximum atomic E-state index is 11.1. The third-order valence-electron chi connectivity index (χ3n) is 2.35. The van der Waals surface area contributed by atoms with Gasteiger partial charge in [0.15, 0.2) is 0 Å². The molecule has 0 saturated heterocycles. The van der Waals surface area contributed by atoms with Crippen molar-refractivity contribution in [3.8, 4) is 0 Å². The number of nitro groups is 1. The molecule has 6 nitrogen and oxygen atoms in total. The summed E-state index contributed by atoms with van der Waals surface area (Å²) in [7, 11) is 0. The molecule has 0 aliphatic carbocycles. The van der Waals surface area contributed by atoms with E-state index in [-0.39, 0.29) is 28.8 Å². The molecule has 1 rings (SSSR count). The molecular formula is C12H15ClN2O4. The highest BCUT2D eigenvalue weighted by molar-refractivity contribution is 6.33. The molecule has 0 aliphatic rings. The number of esters is 1. The first kappa shape index (κ1) is 15.2. The van der Waals surface area contributed by atoms with E-state index >= 15 is 0 Å². The Bertz CT molecular complexity index is 465. The number of carbonyl (C=O) groups is 1. The molecule has 0 bridgehead atoms. The Morgan fingerprint density at radius 1 is 1.53 bits per heavy atom. The molecule has 1 N–H and O–H groups in total. The lowest BCUT2D eigenvalue weighted by Crippen LogP contribution is -2.09. The molecule has 0 radical (unpaired) electrons. The zero-order chi connectivity index (χ0) is 14.3. The van der Waals surface area contributed by atoms with Crippen LogP contribution < -0.4 is 5.32 Å². The fourth-order valence-corrected chi connectivity index (χ4v) is 1.76. The van der Waals surface area contributed by atoms with Crippen molar-refractivity contribution < 1.29 is 14.5 Å². The number of anilines is 1. The van der Waals surface area contributed by atoms with Crippen LogP contribution in [-0.4, -0.2) is 24.0 Å². The highest BCUT2D eigenvalue weighted by Crippen LogP contribution is 2.31. The van der Waals surface area contributed by atoms with Crippen LogP contribution in [0, 0.1) is 10.1 Å². The molecule has 0 spiro atoms. The monoisotopic (exact) mass is 286 g/mol. The lowest BCUT2D eigenvalue weighted by Gasteiger charge is -2.08. The summed E-state index contributed by atoms with van der Waals surface area (Å²) in [5, 5.41) is 14.0. The van der Waals surface area contributed by atoms with Gasteiger partial charge in [0.25, 0.3) is 5.69 Å². The topological polar surface area (TPSA) is 81.5 Å². The van der Waals surface area contributed by atoms with E-state index in [1.165, 1.54) is 12.1 Å². The standard InChI is InChI=1S/C12H15ClN2O4/c1-2-19-11(16)7-4-8-14-12-9(13)5-3-6-10(12)15(17)18/h3,5-6,14H,2,4,7-8H2,1H3. The fourth-order valence-electron chi connectivity index (χ4n) is 1.52. The first-order valence-electron chi connectivity index (χ1n) is 5.88. The van der Waals surface area contributed by atoms with Crippen molar-refractivity contribution in [2.75, 3.05) is 18.5 Å². The Hall–Kier alpha value is -1.82. The van der Waals surface area contributed by atoms with Crippen LogP contribution in [0.1, 0.15) is 19.8 Å². The van der Waals surface area contributed by atoms with E-state index < -0.39 is 4.92 Å². The number of nitrogens with zero attached hydrogens (tertiary/aromatic N) is 1. The maximum Gasteiger partial charge on any atom is 0.305 e. The first-order valence-corrected chi connectivity index (χ1v) is 6.26. The van der Waals surface area contributed by atoms with Crippen molar-refractivity contribution in [1.82, 2.24) is 0 Å². The van der Waals surface area contributed by atoms with Gasteiger partial charge in [-0.2, -0.15) is 0 Å². The van der Waals surface area contributed by atoms with Crippen LogP contribution in [0.4, 0.5) is 11.4 Å². The number of hydrogen-bond acceptors (Lipinski definition) is 5. The van der Waals surface area contributed by atoms with Crippen molar-refractivity contribution >= 4 is 28.9 Å². The Kier molecular flexibility index (Phi) is 6.08. The highest BCUT2D eigenvalue weighted by Gasteiger charge is 2.15. The second-order valence-electron chi connectivity index (χ2n) is 3.73. The molecule has 1 aromatic carbocycles. The van der Waals surface area contributed by atoms with Crippen molar-refractivity contribution in [2.45, 2.75) is 19.8 Å². The summed E-state index contributed by atoms with van der Waals surface area (Å²) in [6.07, 6.45) is 0.778. The van der Waals surface area contributed by atoms with E-state index in [0.29, 0.717) is 19.6 Å². The van der Waals surface area contributed by atoms with Gasteiger partial charge < -0.3 is 10.1 Å². The number of nitrogens with one attached hydrogen (secondary N) is 1. The van der Waals surface area contributed by atoms with Gasteiger partial charge in [0.05, 0.1) is 16.6 Å². The third kappa shape index (κ3) is 4.75. The Morgan fingerprint density at radius 3 is 2.89 bits per heavy atom. The number of para-hydroxylation sites is 1. The summed E-state index contributed by atoms with van der Waals surface area (Å²) in [5.74, 6) is -0.280. The number of halogens is 1. The second kappa shape index (κ2) is 7.58. The van der Waals surface area contributed by atoms with Crippen LogP contribution >= 0.6 is 11.6 Å². The van der Waals surface area contributed by atoms with Crippen LogP contribution in [-0.2, 0) is 9.53 Å². The first-order chi connectivity index (χ1) is 9.06. The van der Waals surface area contributed by atoms with Crippen LogP contribution in [0.5, 0.6) is 0 Å². The molecule has 104 valence electrons. The van der Waals surface area contributed by atoms with Crippen molar-refractivity contribution in [2.24, 2.45) is 0 Å². The van der Waals surface area contributed by atoms with Crippen LogP contribution in [0.25, 0.3) is 0 Å². The minimum Gasteiger partial charge on any atom is -0.466 e. The molecule has 0 atom stereocenters. The average Bonchev–Trinajstić information content (AvgIpc) is 2.36. The van der Waals surface area contributed by atoms with Crippen molar-refractivity contribution in [1.29, 1.82) is 0 Å². The number of benzene rings is 1. The summed E-state index contributed by atoms with van der Waals surface area (Å²) >= 11 is 5.91. The van der Waals surface area contributed by atoms with Gasteiger partial charge in [0.1, 0.15) is 5.69 Å². The van der Waals surface area contributed by atoms with E-state index in [1.54, 1.807) is 13.0 Å². The highest BCUT2D eigenvalue weighted by atomic mass is 35.5. The lowest BCUT2D eigenvalue weighted by atomic mass is 10.2. The van der Waals surface area contributed by atoms with Gasteiger partial charge in [-0.05, 0) is 19.4 Å². The quantitative estimate of drug-likeness (QED) is 0.361. The van der Waals surface area contributed by atoms with Gasteiger partial charge in [-0.1, -0.05) is 17.7 Å². The molecular weight excluding hydrogens is 272 g/mol. The van der Waals surface area contributed by atoms with Gasteiger partial charge >= 0.3 is 5.97 Å². The van der Waals surface area contributed by atoms with E-state index in [0.717, 1.165) is 0 Å². The fraction of sp³-hybridized carbons (Fsp3) is 0.417. The summed E-state index contributed by atoms with van der Waals surface area (Å²) in [5.41, 5.74) is 0.196. The summed E-state index contributed by atoms with van der Waals surface area (Å²) in [6.45, 7) is 2.49. The minimum absolute atomic E-state index is 0.0800. The molecule has 0 heterocycles. The van der Waals surface area contributed by atoms with Crippen molar-refractivity contribution in [3.05, 3.63) is 33.3 Å². The molecule has 0 unspecified atom stereocenters. The van der Waals surface area contributed by atoms with Gasteiger partial charge in [-0.15, -0.1) is 0 Å². The normalized spacial score (nSPS) is 10.0. The molecule has 0 amide bonds. The smallest absolute Gasteiger partial charge is 0.305 e. The third-order valence-corrected chi connectivity index (χ3v) is 2.67. The molecule has 7 heteroatoms. The summed E-state index contributed by atoms with van der Waals surface area (Å²) in [4.78, 5) is 21.4. The molecule has 0 aliphatic heterocycles. The van der Waals surface area contributed by atoms with Crippen LogP contribution in [0.15, 0.2) is 18.2 Å². The van der Waals surface area contributed by atoms with E-state index in [4.69, 9.17) is 16.3 Å². The van der Waals surface area contributed by atoms with Gasteiger partial charge in [0, 0.05) is 19.0 Å². The van der Waals surface area contributed by atoms with E-state index in [9.17, 15) is 14.9 Å². The van der Waals surface area contributed by atoms with Crippen LogP contribution in [0.3, 0.4) is 0 Å². The number of nitro benzene ring substituents is 1. The van der Waals surface area contributed by atoms with Gasteiger partial charge in [-0.3, -0.25) is 14.9 Å². The molecule has 0 saturated carbocycles. The largest absolute Gasteiger partial charge is 0.466 e.